The fourth-order valence-electron chi connectivity index (χ4n) is 5.27. The topological polar surface area (TPSA) is 55.8 Å². The number of Topliss-reactive ketones (excluding diaryl/α,β-unsaturated/α-hetero) is 1. The average Bonchev–Trinajstić information content (AvgIpc) is 2.88. The number of carbonyl (C=O) groups excluding carboxylic acids is 2. The fraction of sp³-hybridized carbons (Fsp3) is 0.241. The molecule has 0 fully saturated rings. The normalized spacial score (nSPS) is 19.8. The van der Waals surface area contributed by atoms with Crippen LogP contribution in [-0.4, -0.2) is 25.9 Å². The van der Waals surface area contributed by atoms with Gasteiger partial charge in [-0.05, 0) is 35.6 Å². The first-order chi connectivity index (χ1) is 17.4. The Balaban J connectivity index is 1.69. The van der Waals surface area contributed by atoms with Crippen LogP contribution in [0, 0.1) is 0 Å². The molecule has 0 aromatic heterocycles. The zero-order chi connectivity index (χ0) is 25.4. The van der Waals surface area contributed by atoms with Gasteiger partial charge in [-0.3, -0.25) is 14.5 Å². The number of methoxy groups -OCH3 is 2. The summed E-state index contributed by atoms with van der Waals surface area (Å²) in [5.41, 5.74) is 3.73. The zero-order valence-electron chi connectivity index (χ0n) is 20.0. The molecule has 0 radical (unpaired) electrons. The number of ketones is 1. The number of ether oxygens (including phenoxy) is 2. The molecule has 7 heteroatoms. The number of nitrogens with zero attached hydrogens (tertiary/aromatic N) is 1. The minimum atomic E-state index is -0.440. The van der Waals surface area contributed by atoms with Crippen molar-refractivity contribution >= 4 is 40.6 Å². The van der Waals surface area contributed by atoms with Crippen LogP contribution in [0.15, 0.2) is 78.0 Å². The third kappa shape index (κ3) is 4.49. The summed E-state index contributed by atoms with van der Waals surface area (Å²) in [7, 11) is 3.13. The highest BCUT2D eigenvalue weighted by Crippen LogP contribution is 2.49. The van der Waals surface area contributed by atoms with Crippen molar-refractivity contribution in [2.45, 2.75) is 31.1 Å². The van der Waals surface area contributed by atoms with Gasteiger partial charge >= 0.3 is 0 Å². The lowest BCUT2D eigenvalue weighted by molar-refractivity contribution is -0.120. The first-order valence-corrected chi connectivity index (χ1v) is 12.5. The number of rotatable bonds is 5. The summed E-state index contributed by atoms with van der Waals surface area (Å²) in [6, 6.07) is 20.5. The predicted molar refractivity (Wildman–Crippen MR) is 141 cm³/mol. The molecule has 1 amide bonds. The van der Waals surface area contributed by atoms with E-state index in [1.165, 1.54) is 0 Å². The molecule has 3 aromatic rings. The van der Waals surface area contributed by atoms with E-state index in [0.717, 1.165) is 11.1 Å². The van der Waals surface area contributed by atoms with Gasteiger partial charge in [-0.2, -0.15) is 0 Å². The minimum absolute atomic E-state index is 0.0217. The summed E-state index contributed by atoms with van der Waals surface area (Å²) in [5.74, 6) is 0.535. The summed E-state index contributed by atoms with van der Waals surface area (Å²) in [6.07, 6.45) is 1.02. The first-order valence-electron chi connectivity index (χ1n) is 11.7. The van der Waals surface area contributed by atoms with Crippen LogP contribution in [-0.2, 0) is 9.59 Å². The molecule has 3 aromatic carbocycles. The van der Waals surface area contributed by atoms with Crippen molar-refractivity contribution in [3.05, 3.63) is 99.2 Å². The molecule has 0 saturated carbocycles. The van der Waals surface area contributed by atoms with Crippen LogP contribution in [0.3, 0.4) is 0 Å². The molecule has 2 atom stereocenters. The Morgan fingerprint density at radius 3 is 2.17 bits per heavy atom. The molecule has 184 valence electrons. The van der Waals surface area contributed by atoms with Gasteiger partial charge < -0.3 is 9.47 Å². The molecule has 2 unspecified atom stereocenters. The van der Waals surface area contributed by atoms with Gasteiger partial charge in [-0.15, -0.1) is 0 Å². The summed E-state index contributed by atoms with van der Waals surface area (Å²) < 4.78 is 10.9. The van der Waals surface area contributed by atoms with Gasteiger partial charge in [0.1, 0.15) is 11.5 Å². The van der Waals surface area contributed by atoms with Crippen LogP contribution in [0.1, 0.15) is 42.2 Å². The Labute approximate surface area is 220 Å². The second-order valence-electron chi connectivity index (χ2n) is 9.02. The van der Waals surface area contributed by atoms with Crippen LogP contribution < -0.4 is 14.4 Å². The summed E-state index contributed by atoms with van der Waals surface area (Å²) in [6.45, 7) is 0. The van der Waals surface area contributed by atoms with Crippen LogP contribution in [0.5, 0.6) is 11.5 Å². The number of amides is 1. The largest absolute Gasteiger partial charge is 0.497 e. The maximum absolute atomic E-state index is 13.8. The number of hydrogen-bond donors (Lipinski definition) is 0. The number of anilines is 1. The SMILES string of the molecule is COc1cc(OC)cc(N2C(=O)CC(c3ccc(Cl)cc3Cl)C3=C2CC(c2ccccc2)CC3=O)c1. The van der Waals surface area contributed by atoms with Crippen LogP contribution >= 0.6 is 23.2 Å². The Bertz CT molecular complexity index is 1350. The average molecular weight is 522 g/mol. The van der Waals surface area contributed by atoms with Gasteiger partial charge in [0.15, 0.2) is 5.78 Å². The van der Waals surface area contributed by atoms with Crippen molar-refractivity contribution in [2.24, 2.45) is 0 Å². The van der Waals surface area contributed by atoms with Gasteiger partial charge in [0, 0.05) is 58.3 Å². The standard InChI is InChI=1S/C29H25Cl2NO4/c1-35-21-13-20(14-22(15-21)36-2)32-26-10-18(17-6-4-3-5-7-17)11-27(33)29(26)24(16-28(32)34)23-9-8-19(30)12-25(23)31/h3-9,12-15,18,24H,10-11,16H2,1-2H3. The number of allylic oxidation sites excluding steroid dienone is 2. The zero-order valence-corrected chi connectivity index (χ0v) is 21.5. The predicted octanol–water partition coefficient (Wildman–Crippen LogP) is 6.93. The van der Waals surface area contributed by atoms with Crippen LogP contribution in [0.4, 0.5) is 5.69 Å². The molecule has 0 N–H and O–H groups in total. The molecule has 0 bridgehead atoms. The molecule has 36 heavy (non-hydrogen) atoms. The highest BCUT2D eigenvalue weighted by Gasteiger charge is 2.43. The maximum Gasteiger partial charge on any atom is 0.232 e. The molecule has 5 nitrogen and oxygen atoms in total. The van der Waals surface area contributed by atoms with Gasteiger partial charge in [-0.25, -0.2) is 0 Å². The van der Waals surface area contributed by atoms with E-state index in [0.29, 0.717) is 51.3 Å². The van der Waals surface area contributed by atoms with E-state index < -0.39 is 5.92 Å². The smallest absolute Gasteiger partial charge is 0.232 e. The van der Waals surface area contributed by atoms with E-state index in [-0.39, 0.29) is 24.0 Å². The number of halogens is 2. The Morgan fingerprint density at radius 2 is 1.53 bits per heavy atom. The Kier molecular flexibility index (Phi) is 6.78. The van der Waals surface area contributed by atoms with Crippen molar-refractivity contribution in [1.29, 1.82) is 0 Å². The summed E-state index contributed by atoms with van der Waals surface area (Å²) in [4.78, 5) is 29.2. The maximum atomic E-state index is 13.8. The Morgan fingerprint density at radius 1 is 0.833 bits per heavy atom. The highest BCUT2D eigenvalue weighted by molar-refractivity contribution is 6.35. The first kappa shape index (κ1) is 24.4. The molecule has 5 rings (SSSR count). The van der Waals surface area contributed by atoms with E-state index in [9.17, 15) is 9.59 Å². The molecule has 1 aliphatic heterocycles. The molecule has 0 spiro atoms. The molecule has 1 aliphatic carbocycles. The van der Waals surface area contributed by atoms with E-state index in [1.54, 1.807) is 49.5 Å². The third-order valence-electron chi connectivity index (χ3n) is 6.93. The highest BCUT2D eigenvalue weighted by atomic mass is 35.5. The Hall–Kier alpha value is -3.28. The second-order valence-corrected chi connectivity index (χ2v) is 9.87. The van der Waals surface area contributed by atoms with Gasteiger partial charge in [0.2, 0.25) is 5.91 Å². The van der Waals surface area contributed by atoms with Crippen molar-refractivity contribution in [3.8, 4) is 11.5 Å². The van der Waals surface area contributed by atoms with Crippen molar-refractivity contribution in [2.75, 3.05) is 19.1 Å². The quantitative estimate of drug-likeness (QED) is 0.365. The summed E-state index contributed by atoms with van der Waals surface area (Å²) in [5, 5.41) is 0.950. The van der Waals surface area contributed by atoms with Gasteiger partial charge in [0.05, 0.1) is 19.9 Å². The van der Waals surface area contributed by atoms with Crippen LogP contribution in [0.2, 0.25) is 10.0 Å². The van der Waals surface area contributed by atoms with Crippen LogP contribution in [0.25, 0.3) is 0 Å². The fourth-order valence-corrected chi connectivity index (χ4v) is 5.81. The van der Waals surface area contributed by atoms with E-state index in [4.69, 9.17) is 32.7 Å². The minimum Gasteiger partial charge on any atom is -0.497 e. The third-order valence-corrected chi connectivity index (χ3v) is 7.50. The van der Waals surface area contributed by atoms with E-state index in [1.807, 2.05) is 36.4 Å². The molecule has 1 heterocycles. The molecular formula is C29H25Cl2NO4. The van der Waals surface area contributed by atoms with Crippen molar-refractivity contribution < 1.29 is 19.1 Å². The van der Waals surface area contributed by atoms with E-state index in [2.05, 4.69) is 0 Å². The van der Waals surface area contributed by atoms with Crippen molar-refractivity contribution in [1.82, 2.24) is 0 Å². The molecular weight excluding hydrogens is 497 g/mol. The lowest BCUT2D eigenvalue weighted by atomic mass is 9.72. The van der Waals surface area contributed by atoms with Crippen molar-refractivity contribution in [3.63, 3.8) is 0 Å². The molecule has 0 saturated heterocycles. The second kappa shape index (κ2) is 10.00. The lowest BCUT2D eigenvalue weighted by Crippen LogP contribution is -2.41. The monoisotopic (exact) mass is 521 g/mol. The number of benzene rings is 3. The van der Waals surface area contributed by atoms with E-state index >= 15 is 0 Å². The lowest BCUT2D eigenvalue weighted by Gasteiger charge is -2.40. The number of carbonyl (C=O) groups is 2. The summed E-state index contributed by atoms with van der Waals surface area (Å²) >= 11 is 12.7. The van der Waals surface area contributed by atoms with Gasteiger partial charge in [-0.1, -0.05) is 59.6 Å². The molecule has 2 aliphatic rings. The van der Waals surface area contributed by atoms with Gasteiger partial charge in [0.25, 0.3) is 0 Å². The number of hydrogen-bond acceptors (Lipinski definition) is 4.